The topological polar surface area (TPSA) is 63.8 Å². The zero-order chi connectivity index (χ0) is 13.5. The average Bonchev–Trinajstić information content (AvgIpc) is 2.91. The third-order valence-corrected chi connectivity index (χ3v) is 3.86. The van der Waals surface area contributed by atoms with Crippen LogP contribution in [-0.2, 0) is 12.8 Å². The molecule has 20 heavy (non-hydrogen) atoms. The van der Waals surface area contributed by atoms with Gasteiger partial charge in [0, 0.05) is 23.2 Å². The molecule has 3 N–H and O–H groups in total. The van der Waals surface area contributed by atoms with Crippen LogP contribution in [0.3, 0.4) is 0 Å². The fourth-order valence-corrected chi connectivity index (χ4v) is 2.56. The van der Waals surface area contributed by atoms with Crippen molar-refractivity contribution in [3.8, 4) is 0 Å². The van der Waals surface area contributed by atoms with Gasteiger partial charge in [-0.3, -0.25) is 0 Å². The lowest BCUT2D eigenvalue weighted by Gasteiger charge is -2.10. The highest BCUT2D eigenvalue weighted by Gasteiger charge is 2.06. The van der Waals surface area contributed by atoms with Gasteiger partial charge in [-0.25, -0.2) is 4.98 Å². The highest BCUT2D eigenvalue weighted by Crippen LogP contribution is 2.17. The van der Waals surface area contributed by atoms with Crippen molar-refractivity contribution in [2.75, 3.05) is 17.6 Å². The second-order valence-electron chi connectivity index (χ2n) is 4.46. The maximum atomic E-state index is 5.66. The second-order valence-corrected chi connectivity index (χ2v) is 5.49. The molecule has 0 aliphatic carbocycles. The SMILES string of the molecule is CCCCNc1nc(N)ncc1CCc1cccs1.Cl. The van der Waals surface area contributed by atoms with Crippen LogP contribution < -0.4 is 11.1 Å². The Balaban J connectivity index is 0.00000200. The number of anilines is 2. The molecule has 0 saturated heterocycles. The maximum absolute atomic E-state index is 5.66. The van der Waals surface area contributed by atoms with E-state index in [0.29, 0.717) is 5.95 Å². The van der Waals surface area contributed by atoms with Gasteiger partial charge < -0.3 is 11.1 Å². The van der Waals surface area contributed by atoms with Crippen molar-refractivity contribution in [2.45, 2.75) is 32.6 Å². The number of hydrogen-bond acceptors (Lipinski definition) is 5. The minimum absolute atomic E-state index is 0. The van der Waals surface area contributed by atoms with E-state index < -0.39 is 0 Å². The predicted octanol–water partition coefficient (Wildman–Crippen LogP) is 3.54. The molecule has 4 nitrogen and oxygen atoms in total. The van der Waals surface area contributed by atoms with Gasteiger partial charge >= 0.3 is 0 Å². The Labute approximate surface area is 130 Å². The summed E-state index contributed by atoms with van der Waals surface area (Å²) in [7, 11) is 0. The molecule has 2 aromatic rings. The summed E-state index contributed by atoms with van der Waals surface area (Å²) in [5, 5.41) is 5.46. The molecular weight excluding hydrogens is 292 g/mol. The smallest absolute Gasteiger partial charge is 0.221 e. The van der Waals surface area contributed by atoms with Crippen LogP contribution in [0.15, 0.2) is 23.7 Å². The summed E-state index contributed by atoms with van der Waals surface area (Å²) in [5.74, 6) is 1.22. The number of thiophene rings is 1. The number of nitrogens with zero attached hydrogens (tertiary/aromatic N) is 2. The van der Waals surface area contributed by atoms with Crippen LogP contribution in [-0.4, -0.2) is 16.5 Å². The highest BCUT2D eigenvalue weighted by atomic mass is 35.5. The fraction of sp³-hybridized carbons (Fsp3) is 0.429. The molecule has 6 heteroatoms. The molecule has 0 amide bonds. The molecule has 110 valence electrons. The molecule has 0 saturated carbocycles. The summed E-state index contributed by atoms with van der Waals surface area (Å²) in [6.45, 7) is 3.10. The van der Waals surface area contributed by atoms with Gasteiger partial charge in [0.1, 0.15) is 5.82 Å². The zero-order valence-corrected chi connectivity index (χ0v) is 13.3. The van der Waals surface area contributed by atoms with Crippen LogP contribution in [0.5, 0.6) is 0 Å². The normalized spacial score (nSPS) is 10.1. The molecule has 0 aliphatic heterocycles. The number of halogens is 1. The van der Waals surface area contributed by atoms with E-state index in [4.69, 9.17) is 5.73 Å². The predicted molar refractivity (Wildman–Crippen MR) is 88.8 cm³/mol. The van der Waals surface area contributed by atoms with Gasteiger partial charge in [-0.15, -0.1) is 23.7 Å². The Bertz CT molecular complexity index is 502. The first-order valence-corrected chi connectivity index (χ1v) is 7.55. The van der Waals surface area contributed by atoms with Crippen LogP contribution in [0.2, 0.25) is 0 Å². The van der Waals surface area contributed by atoms with E-state index in [0.717, 1.165) is 43.6 Å². The molecule has 2 rings (SSSR count). The van der Waals surface area contributed by atoms with Crippen LogP contribution in [0.1, 0.15) is 30.2 Å². The quantitative estimate of drug-likeness (QED) is 0.768. The van der Waals surface area contributed by atoms with Crippen molar-refractivity contribution in [2.24, 2.45) is 0 Å². The van der Waals surface area contributed by atoms with Gasteiger partial charge in [-0.2, -0.15) is 4.98 Å². The van der Waals surface area contributed by atoms with E-state index in [1.807, 2.05) is 6.20 Å². The molecule has 0 atom stereocenters. The van der Waals surface area contributed by atoms with Crippen LogP contribution in [0.25, 0.3) is 0 Å². The number of hydrogen-bond donors (Lipinski definition) is 2. The van der Waals surface area contributed by atoms with Gasteiger partial charge in [-0.1, -0.05) is 19.4 Å². The Morgan fingerprint density at radius 3 is 2.90 bits per heavy atom. The minimum atomic E-state index is 0. The van der Waals surface area contributed by atoms with Crippen molar-refractivity contribution in [1.82, 2.24) is 9.97 Å². The number of aryl methyl sites for hydroxylation is 2. The monoisotopic (exact) mass is 312 g/mol. The van der Waals surface area contributed by atoms with Gasteiger partial charge in [0.15, 0.2) is 0 Å². The largest absolute Gasteiger partial charge is 0.370 e. The summed E-state index contributed by atoms with van der Waals surface area (Å²) < 4.78 is 0. The Hall–Kier alpha value is -1.33. The molecule has 0 aliphatic rings. The van der Waals surface area contributed by atoms with E-state index in [-0.39, 0.29) is 12.4 Å². The second kappa shape index (κ2) is 8.76. The Morgan fingerprint density at radius 2 is 2.20 bits per heavy atom. The highest BCUT2D eigenvalue weighted by molar-refractivity contribution is 7.09. The summed E-state index contributed by atoms with van der Waals surface area (Å²) in [6, 6.07) is 4.24. The number of nitrogen functional groups attached to an aromatic ring is 1. The lowest BCUT2D eigenvalue weighted by molar-refractivity contribution is 0.826. The van der Waals surface area contributed by atoms with Gasteiger partial charge in [0.05, 0.1) is 0 Å². The van der Waals surface area contributed by atoms with E-state index in [1.165, 1.54) is 4.88 Å². The summed E-state index contributed by atoms with van der Waals surface area (Å²) in [5.41, 5.74) is 6.80. The van der Waals surface area contributed by atoms with Crippen molar-refractivity contribution < 1.29 is 0 Å². The third kappa shape index (κ3) is 4.98. The fourth-order valence-electron chi connectivity index (χ4n) is 1.85. The number of unbranched alkanes of at least 4 members (excludes halogenated alkanes) is 1. The molecule has 0 spiro atoms. The van der Waals surface area contributed by atoms with Crippen LogP contribution in [0.4, 0.5) is 11.8 Å². The minimum Gasteiger partial charge on any atom is -0.370 e. The molecule has 0 aromatic carbocycles. The zero-order valence-electron chi connectivity index (χ0n) is 11.6. The molecule has 2 heterocycles. The first-order valence-electron chi connectivity index (χ1n) is 6.67. The lowest BCUT2D eigenvalue weighted by Crippen LogP contribution is -2.09. The average molecular weight is 313 g/mol. The van der Waals surface area contributed by atoms with Crippen molar-refractivity contribution in [3.05, 3.63) is 34.2 Å². The van der Waals surface area contributed by atoms with E-state index in [1.54, 1.807) is 11.3 Å². The standard InChI is InChI=1S/C14H20N4S.ClH/c1-2-3-8-16-13-11(10-17-14(15)18-13)6-7-12-5-4-9-19-12;/h4-5,9-10H,2-3,6-8H2,1H3,(H3,15,16,17,18);1H. The van der Waals surface area contributed by atoms with E-state index >= 15 is 0 Å². The lowest BCUT2D eigenvalue weighted by atomic mass is 10.1. The summed E-state index contributed by atoms with van der Waals surface area (Å²) in [6.07, 6.45) is 6.10. The number of nitrogens with two attached hydrogens (primary N) is 1. The number of nitrogens with one attached hydrogen (secondary N) is 1. The van der Waals surface area contributed by atoms with Gasteiger partial charge in [0.25, 0.3) is 0 Å². The van der Waals surface area contributed by atoms with Gasteiger partial charge in [0.2, 0.25) is 5.95 Å². The molecule has 0 unspecified atom stereocenters. The molecule has 0 bridgehead atoms. The van der Waals surface area contributed by atoms with Crippen molar-refractivity contribution in [1.29, 1.82) is 0 Å². The molecule has 0 fully saturated rings. The van der Waals surface area contributed by atoms with Crippen molar-refractivity contribution in [3.63, 3.8) is 0 Å². The van der Waals surface area contributed by atoms with E-state index in [9.17, 15) is 0 Å². The van der Waals surface area contributed by atoms with Crippen LogP contribution >= 0.6 is 23.7 Å². The third-order valence-electron chi connectivity index (χ3n) is 2.93. The maximum Gasteiger partial charge on any atom is 0.221 e. The summed E-state index contributed by atoms with van der Waals surface area (Å²) in [4.78, 5) is 9.79. The first kappa shape index (κ1) is 16.7. The molecule has 0 radical (unpaired) electrons. The van der Waals surface area contributed by atoms with E-state index in [2.05, 4.69) is 39.7 Å². The molecular formula is C14H21ClN4S. The van der Waals surface area contributed by atoms with Gasteiger partial charge in [-0.05, 0) is 30.7 Å². The number of aromatic nitrogens is 2. The van der Waals surface area contributed by atoms with Crippen LogP contribution in [0, 0.1) is 0 Å². The Morgan fingerprint density at radius 1 is 1.35 bits per heavy atom. The Kier molecular flexibility index (Phi) is 7.33. The number of rotatable bonds is 7. The first-order chi connectivity index (χ1) is 9.29. The summed E-state index contributed by atoms with van der Waals surface area (Å²) >= 11 is 1.79. The van der Waals surface area contributed by atoms with Crippen molar-refractivity contribution >= 4 is 35.5 Å². The molecule has 2 aromatic heterocycles.